The van der Waals surface area contributed by atoms with Gasteiger partial charge < -0.3 is 10.2 Å². The van der Waals surface area contributed by atoms with Crippen molar-refractivity contribution in [1.82, 2.24) is 10.2 Å². The Morgan fingerprint density at radius 1 is 1.33 bits per heavy atom. The number of rotatable bonds is 4. The molecule has 0 heterocycles. The lowest BCUT2D eigenvalue weighted by Gasteiger charge is -2.25. The summed E-state index contributed by atoms with van der Waals surface area (Å²) in [6.45, 7) is 10.6. The molecule has 15 heavy (non-hydrogen) atoms. The maximum atomic E-state index is 3.77. The van der Waals surface area contributed by atoms with Crippen LogP contribution in [-0.4, -0.2) is 37.6 Å². The van der Waals surface area contributed by atoms with Gasteiger partial charge in [0.25, 0.3) is 0 Å². The third-order valence-corrected chi connectivity index (χ3v) is 3.47. The molecular formula is C13H28N2. The van der Waals surface area contributed by atoms with E-state index < -0.39 is 0 Å². The lowest BCUT2D eigenvalue weighted by atomic mass is 9.91. The van der Waals surface area contributed by atoms with Crippen molar-refractivity contribution in [1.29, 1.82) is 0 Å². The van der Waals surface area contributed by atoms with Crippen molar-refractivity contribution in [2.45, 2.75) is 52.6 Å². The van der Waals surface area contributed by atoms with Crippen LogP contribution in [0.2, 0.25) is 0 Å². The van der Waals surface area contributed by atoms with Gasteiger partial charge in [-0.2, -0.15) is 0 Å². The predicted molar refractivity (Wildman–Crippen MR) is 67.1 cm³/mol. The van der Waals surface area contributed by atoms with Crippen LogP contribution < -0.4 is 5.32 Å². The van der Waals surface area contributed by atoms with Crippen molar-refractivity contribution in [3.63, 3.8) is 0 Å². The molecule has 1 N–H and O–H groups in total. The summed E-state index contributed by atoms with van der Waals surface area (Å²) >= 11 is 0. The fraction of sp³-hybridized carbons (Fsp3) is 1.00. The first-order chi connectivity index (χ1) is 6.80. The summed E-state index contributed by atoms with van der Waals surface area (Å²) in [5.74, 6) is 0.824. The van der Waals surface area contributed by atoms with Crippen LogP contribution in [0.1, 0.15) is 40.5 Å². The quantitative estimate of drug-likeness (QED) is 0.769. The molecule has 0 amide bonds. The highest BCUT2D eigenvalue weighted by atomic mass is 15.1. The van der Waals surface area contributed by atoms with E-state index in [0.29, 0.717) is 11.5 Å². The van der Waals surface area contributed by atoms with E-state index in [2.05, 4.69) is 52.0 Å². The fourth-order valence-corrected chi connectivity index (χ4v) is 3.08. The highest BCUT2D eigenvalue weighted by Gasteiger charge is 2.36. The number of nitrogens with zero attached hydrogens (tertiary/aromatic N) is 1. The highest BCUT2D eigenvalue weighted by Crippen LogP contribution is 2.40. The van der Waals surface area contributed by atoms with Crippen molar-refractivity contribution >= 4 is 0 Å². The smallest absolute Gasteiger partial charge is 0.0169 e. The Bertz CT molecular complexity index is 199. The van der Waals surface area contributed by atoms with E-state index >= 15 is 0 Å². The monoisotopic (exact) mass is 212 g/mol. The number of nitrogens with one attached hydrogen (secondary N) is 1. The lowest BCUT2D eigenvalue weighted by molar-refractivity contribution is 0.304. The summed E-state index contributed by atoms with van der Waals surface area (Å²) in [4.78, 5) is 2.25. The SMILES string of the molecule is CC(CN(C)C)NC1CC(C)(C)CC1C. The summed E-state index contributed by atoms with van der Waals surface area (Å²) < 4.78 is 0. The van der Waals surface area contributed by atoms with Crippen LogP contribution in [-0.2, 0) is 0 Å². The number of hydrogen-bond donors (Lipinski definition) is 1. The Kier molecular flexibility index (Phi) is 4.19. The summed E-state index contributed by atoms with van der Waals surface area (Å²) in [6, 6.07) is 1.32. The lowest BCUT2D eigenvalue weighted by Crippen LogP contribution is -2.43. The van der Waals surface area contributed by atoms with Crippen LogP contribution in [0.4, 0.5) is 0 Å². The second-order valence-corrected chi connectivity index (χ2v) is 6.49. The second kappa shape index (κ2) is 4.84. The van der Waals surface area contributed by atoms with Crippen molar-refractivity contribution < 1.29 is 0 Å². The fourth-order valence-electron chi connectivity index (χ4n) is 3.08. The third-order valence-electron chi connectivity index (χ3n) is 3.47. The van der Waals surface area contributed by atoms with Crippen LogP contribution in [0.25, 0.3) is 0 Å². The number of likely N-dealkylation sites (N-methyl/N-ethyl adjacent to an activating group) is 1. The van der Waals surface area contributed by atoms with E-state index in [1.807, 2.05) is 0 Å². The van der Waals surface area contributed by atoms with Crippen molar-refractivity contribution in [3.05, 3.63) is 0 Å². The first kappa shape index (κ1) is 13.0. The second-order valence-electron chi connectivity index (χ2n) is 6.49. The Labute approximate surface area is 95.4 Å². The zero-order valence-corrected chi connectivity index (χ0v) is 11.3. The minimum absolute atomic E-state index is 0.537. The van der Waals surface area contributed by atoms with Gasteiger partial charge in [-0.25, -0.2) is 0 Å². The molecule has 2 heteroatoms. The summed E-state index contributed by atoms with van der Waals surface area (Å²) in [5.41, 5.74) is 0.537. The van der Waals surface area contributed by atoms with Gasteiger partial charge in [0.15, 0.2) is 0 Å². The normalized spacial score (nSPS) is 32.2. The van der Waals surface area contributed by atoms with Crippen LogP contribution in [0, 0.1) is 11.3 Å². The molecule has 2 nitrogen and oxygen atoms in total. The van der Waals surface area contributed by atoms with Crippen molar-refractivity contribution in [2.75, 3.05) is 20.6 Å². The van der Waals surface area contributed by atoms with Gasteiger partial charge in [0.2, 0.25) is 0 Å². The summed E-state index contributed by atoms with van der Waals surface area (Å²) in [5, 5.41) is 3.77. The van der Waals surface area contributed by atoms with Gasteiger partial charge in [0, 0.05) is 18.6 Å². The zero-order valence-electron chi connectivity index (χ0n) is 11.3. The van der Waals surface area contributed by atoms with Gasteiger partial charge in [0.1, 0.15) is 0 Å². The van der Waals surface area contributed by atoms with Gasteiger partial charge in [-0.3, -0.25) is 0 Å². The van der Waals surface area contributed by atoms with Gasteiger partial charge >= 0.3 is 0 Å². The van der Waals surface area contributed by atoms with E-state index in [1.165, 1.54) is 12.8 Å². The van der Waals surface area contributed by atoms with Crippen molar-refractivity contribution in [2.24, 2.45) is 11.3 Å². The average molecular weight is 212 g/mol. The van der Waals surface area contributed by atoms with E-state index in [1.54, 1.807) is 0 Å². The Hall–Kier alpha value is -0.0800. The molecule has 1 aliphatic carbocycles. The first-order valence-corrected chi connectivity index (χ1v) is 6.21. The Morgan fingerprint density at radius 3 is 2.33 bits per heavy atom. The standard InChI is InChI=1S/C13H28N2/c1-10-7-13(3,4)8-12(10)14-11(2)9-15(5)6/h10-12,14H,7-9H2,1-6H3. The molecule has 3 atom stereocenters. The predicted octanol–water partition coefficient (Wildman–Crippen LogP) is 2.35. The van der Waals surface area contributed by atoms with Gasteiger partial charge in [-0.1, -0.05) is 20.8 Å². The van der Waals surface area contributed by atoms with E-state index in [4.69, 9.17) is 0 Å². The number of hydrogen-bond acceptors (Lipinski definition) is 2. The molecule has 90 valence electrons. The largest absolute Gasteiger partial charge is 0.310 e. The third kappa shape index (κ3) is 4.12. The van der Waals surface area contributed by atoms with E-state index in [0.717, 1.165) is 18.5 Å². The highest BCUT2D eigenvalue weighted by molar-refractivity contribution is 4.92. The molecule has 1 fully saturated rings. The summed E-state index contributed by atoms with van der Waals surface area (Å²) in [7, 11) is 4.28. The van der Waals surface area contributed by atoms with Crippen LogP contribution in [0.5, 0.6) is 0 Å². The first-order valence-electron chi connectivity index (χ1n) is 6.21. The van der Waals surface area contributed by atoms with Gasteiger partial charge in [-0.05, 0) is 45.2 Å². The molecule has 1 saturated carbocycles. The van der Waals surface area contributed by atoms with Crippen LogP contribution in [0.15, 0.2) is 0 Å². The molecule has 0 aliphatic heterocycles. The molecule has 0 spiro atoms. The molecule has 0 aromatic rings. The Balaban J connectivity index is 2.39. The molecule has 0 aromatic heterocycles. The molecule has 3 unspecified atom stereocenters. The van der Waals surface area contributed by atoms with Gasteiger partial charge in [-0.15, -0.1) is 0 Å². The van der Waals surface area contributed by atoms with E-state index in [-0.39, 0.29) is 0 Å². The minimum atomic E-state index is 0.537. The molecule has 1 aliphatic rings. The maximum absolute atomic E-state index is 3.77. The molecule has 0 saturated heterocycles. The van der Waals surface area contributed by atoms with E-state index in [9.17, 15) is 0 Å². The maximum Gasteiger partial charge on any atom is 0.0169 e. The Morgan fingerprint density at radius 2 is 1.93 bits per heavy atom. The molecule has 0 bridgehead atoms. The van der Waals surface area contributed by atoms with Crippen LogP contribution >= 0.6 is 0 Å². The molecule has 0 radical (unpaired) electrons. The minimum Gasteiger partial charge on any atom is -0.310 e. The topological polar surface area (TPSA) is 15.3 Å². The summed E-state index contributed by atoms with van der Waals surface area (Å²) in [6.07, 6.45) is 2.69. The molecule has 0 aromatic carbocycles. The molecular weight excluding hydrogens is 184 g/mol. The average Bonchev–Trinajstić information content (AvgIpc) is 2.22. The van der Waals surface area contributed by atoms with Gasteiger partial charge in [0.05, 0.1) is 0 Å². The zero-order chi connectivity index (χ0) is 11.6. The van der Waals surface area contributed by atoms with Crippen molar-refractivity contribution in [3.8, 4) is 0 Å². The molecule has 1 rings (SSSR count). The van der Waals surface area contributed by atoms with Crippen LogP contribution in [0.3, 0.4) is 0 Å².